The summed E-state index contributed by atoms with van der Waals surface area (Å²) in [4.78, 5) is 11.6. The third-order valence-corrected chi connectivity index (χ3v) is 5.10. The summed E-state index contributed by atoms with van der Waals surface area (Å²) in [6, 6.07) is 8.30. The molecule has 1 fully saturated rings. The quantitative estimate of drug-likeness (QED) is 0.713. The average molecular weight is 339 g/mol. The molecule has 3 aromatic rings. The summed E-state index contributed by atoms with van der Waals surface area (Å²) in [7, 11) is 0. The van der Waals surface area contributed by atoms with Crippen LogP contribution in [0.5, 0.6) is 0 Å². The lowest BCUT2D eigenvalue weighted by Gasteiger charge is -2.30. The van der Waals surface area contributed by atoms with Crippen molar-refractivity contribution < 1.29 is 4.52 Å². The summed E-state index contributed by atoms with van der Waals surface area (Å²) in [6.07, 6.45) is 4.12. The van der Waals surface area contributed by atoms with Crippen LogP contribution in [0.3, 0.4) is 0 Å². The van der Waals surface area contributed by atoms with E-state index in [9.17, 15) is 0 Å². The number of rotatable bonds is 5. The molecule has 2 aromatic heterocycles. The first kappa shape index (κ1) is 16.3. The van der Waals surface area contributed by atoms with Gasteiger partial charge in [-0.3, -0.25) is 0 Å². The second-order valence-corrected chi connectivity index (χ2v) is 7.19. The van der Waals surface area contributed by atoms with Crippen molar-refractivity contribution in [1.82, 2.24) is 24.6 Å². The molecule has 25 heavy (non-hydrogen) atoms. The molecule has 0 atom stereocenters. The molecule has 6 nitrogen and oxygen atoms in total. The Bertz CT molecular complexity index is 829. The number of imidazole rings is 1. The Morgan fingerprint density at radius 1 is 1.16 bits per heavy atom. The van der Waals surface area contributed by atoms with E-state index in [2.05, 4.69) is 56.6 Å². The number of likely N-dealkylation sites (tertiary alicyclic amines) is 1. The van der Waals surface area contributed by atoms with Crippen LogP contribution in [-0.4, -0.2) is 44.2 Å². The van der Waals surface area contributed by atoms with E-state index in [4.69, 9.17) is 4.52 Å². The smallest absolute Gasteiger partial charge is 0.229 e. The zero-order chi connectivity index (χ0) is 17.2. The van der Waals surface area contributed by atoms with Crippen LogP contribution in [0.2, 0.25) is 0 Å². The second kappa shape index (κ2) is 6.96. The molecule has 0 amide bonds. The summed E-state index contributed by atoms with van der Waals surface area (Å²) in [6.45, 7) is 8.37. The van der Waals surface area contributed by atoms with Crippen molar-refractivity contribution in [3.8, 4) is 0 Å². The SMILES string of the molecule is CC(C)c1noc(C2CCN(CCn3cnc4ccccc43)CC2)n1. The van der Waals surface area contributed by atoms with Crippen LogP contribution in [0.25, 0.3) is 11.0 Å². The van der Waals surface area contributed by atoms with Crippen LogP contribution in [0.1, 0.15) is 50.2 Å². The Hall–Kier alpha value is -2.21. The van der Waals surface area contributed by atoms with E-state index >= 15 is 0 Å². The Morgan fingerprint density at radius 3 is 2.72 bits per heavy atom. The van der Waals surface area contributed by atoms with Gasteiger partial charge in [-0.1, -0.05) is 31.1 Å². The van der Waals surface area contributed by atoms with Crippen molar-refractivity contribution in [2.24, 2.45) is 0 Å². The molecular formula is C19H25N5O. The minimum absolute atomic E-state index is 0.322. The third kappa shape index (κ3) is 3.44. The molecule has 0 unspecified atom stereocenters. The highest BCUT2D eigenvalue weighted by Gasteiger charge is 2.25. The van der Waals surface area contributed by atoms with Crippen LogP contribution in [0, 0.1) is 0 Å². The number of benzene rings is 1. The summed E-state index contributed by atoms with van der Waals surface area (Å²) < 4.78 is 7.72. The van der Waals surface area contributed by atoms with E-state index in [0.717, 1.165) is 56.3 Å². The lowest BCUT2D eigenvalue weighted by Crippen LogP contribution is -2.35. The van der Waals surface area contributed by atoms with Crippen LogP contribution in [0.4, 0.5) is 0 Å². The van der Waals surface area contributed by atoms with Crippen molar-refractivity contribution >= 4 is 11.0 Å². The summed E-state index contributed by atoms with van der Waals surface area (Å²) in [5, 5.41) is 4.10. The van der Waals surface area contributed by atoms with Gasteiger partial charge in [0.05, 0.1) is 17.4 Å². The maximum Gasteiger partial charge on any atom is 0.229 e. The predicted octanol–water partition coefficient (Wildman–Crippen LogP) is 3.42. The van der Waals surface area contributed by atoms with E-state index in [0.29, 0.717) is 11.8 Å². The Kier molecular flexibility index (Phi) is 4.53. The number of fused-ring (bicyclic) bond motifs is 1. The molecule has 0 aliphatic carbocycles. The molecule has 132 valence electrons. The van der Waals surface area contributed by atoms with Crippen molar-refractivity contribution in [3.63, 3.8) is 0 Å². The van der Waals surface area contributed by atoms with Gasteiger partial charge in [-0.15, -0.1) is 0 Å². The molecule has 1 aliphatic heterocycles. The number of hydrogen-bond acceptors (Lipinski definition) is 5. The molecule has 1 aliphatic rings. The minimum Gasteiger partial charge on any atom is -0.339 e. The highest BCUT2D eigenvalue weighted by molar-refractivity contribution is 5.74. The Morgan fingerprint density at radius 2 is 1.96 bits per heavy atom. The molecule has 0 N–H and O–H groups in total. The number of nitrogens with zero attached hydrogens (tertiary/aromatic N) is 5. The Balaban J connectivity index is 1.31. The summed E-state index contributed by atoms with van der Waals surface area (Å²) >= 11 is 0. The molecule has 1 aromatic carbocycles. The predicted molar refractivity (Wildman–Crippen MR) is 96.5 cm³/mol. The fourth-order valence-electron chi connectivity index (χ4n) is 3.49. The van der Waals surface area contributed by atoms with E-state index < -0.39 is 0 Å². The first-order valence-electron chi connectivity index (χ1n) is 9.16. The van der Waals surface area contributed by atoms with Gasteiger partial charge in [-0.2, -0.15) is 4.98 Å². The van der Waals surface area contributed by atoms with Crippen LogP contribution >= 0.6 is 0 Å². The van der Waals surface area contributed by atoms with Gasteiger partial charge < -0.3 is 14.0 Å². The maximum atomic E-state index is 5.48. The van der Waals surface area contributed by atoms with E-state index in [1.54, 1.807) is 0 Å². The fourth-order valence-corrected chi connectivity index (χ4v) is 3.49. The number of hydrogen-bond donors (Lipinski definition) is 0. The topological polar surface area (TPSA) is 60.0 Å². The molecule has 0 saturated carbocycles. The number of piperidine rings is 1. The van der Waals surface area contributed by atoms with Crippen LogP contribution < -0.4 is 0 Å². The van der Waals surface area contributed by atoms with Gasteiger partial charge in [0.1, 0.15) is 0 Å². The third-order valence-electron chi connectivity index (χ3n) is 5.10. The van der Waals surface area contributed by atoms with Gasteiger partial charge in [0.15, 0.2) is 5.82 Å². The van der Waals surface area contributed by atoms with Gasteiger partial charge in [-0.05, 0) is 38.1 Å². The molecule has 3 heterocycles. The zero-order valence-corrected chi connectivity index (χ0v) is 14.9. The molecule has 6 heteroatoms. The van der Waals surface area contributed by atoms with Gasteiger partial charge in [0.25, 0.3) is 0 Å². The van der Waals surface area contributed by atoms with Crippen molar-refractivity contribution in [3.05, 3.63) is 42.3 Å². The monoisotopic (exact) mass is 339 g/mol. The van der Waals surface area contributed by atoms with E-state index in [1.165, 1.54) is 5.52 Å². The molecule has 1 saturated heterocycles. The molecule has 0 radical (unpaired) electrons. The van der Waals surface area contributed by atoms with Crippen LogP contribution in [0.15, 0.2) is 35.1 Å². The first-order chi connectivity index (χ1) is 12.2. The average Bonchev–Trinajstić information content (AvgIpc) is 3.28. The first-order valence-corrected chi connectivity index (χ1v) is 9.16. The summed E-state index contributed by atoms with van der Waals surface area (Å²) in [5.74, 6) is 2.38. The number of aromatic nitrogens is 4. The number of para-hydroxylation sites is 2. The largest absolute Gasteiger partial charge is 0.339 e. The zero-order valence-electron chi connectivity index (χ0n) is 14.9. The fraction of sp³-hybridized carbons (Fsp3) is 0.526. The second-order valence-electron chi connectivity index (χ2n) is 7.19. The van der Waals surface area contributed by atoms with Gasteiger partial charge in [-0.25, -0.2) is 4.98 Å². The minimum atomic E-state index is 0.322. The van der Waals surface area contributed by atoms with E-state index in [1.807, 2.05) is 12.4 Å². The maximum absolute atomic E-state index is 5.48. The van der Waals surface area contributed by atoms with Gasteiger partial charge >= 0.3 is 0 Å². The van der Waals surface area contributed by atoms with E-state index in [-0.39, 0.29) is 0 Å². The highest BCUT2D eigenvalue weighted by atomic mass is 16.5. The van der Waals surface area contributed by atoms with Crippen molar-refractivity contribution in [1.29, 1.82) is 0 Å². The van der Waals surface area contributed by atoms with Gasteiger partial charge in [0, 0.05) is 24.9 Å². The Labute approximate surface area is 147 Å². The lowest BCUT2D eigenvalue weighted by atomic mass is 9.97. The van der Waals surface area contributed by atoms with Crippen molar-refractivity contribution in [2.75, 3.05) is 19.6 Å². The molecular weight excluding hydrogens is 314 g/mol. The molecule has 0 bridgehead atoms. The molecule has 4 rings (SSSR count). The normalized spacial score (nSPS) is 16.9. The standard InChI is InChI=1S/C19H25N5O/c1-14(2)18-21-19(25-22-18)15-7-9-23(10-8-15)11-12-24-13-20-16-5-3-4-6-17(16)24/h3-6,13-15H,7-12H2,1-2H3. The lowest BCUT2D eigenvalue weighted by molar-refractivity contribution is 0.189. The highest BCUT2D eigenvalue weighted by Crippen LogP contribution is 2.27. The van der Waals surface area contributed by atoms with Gasteiger partial charge in [0.2, 0.25) is 5.89 Å². The molecule has 0 spiro atoms. The summed E-state index contributed by atoms with van der Waals surface area (Å²) in [5.41, 5.74) is 2.28. The van der Waals surface area contributed by atoms with Crippen molar-refractivity contribution in [2.45, 2.75) is 45.1 Å². The van der Waals surface area contributed by atoms with Crippen LogP contribution in [-0.2, 0) is 6.54 Å².